The van der Waals surface area contributed by atoms with E-state index in [0.717, 1.165) is 40.8 Å². The minimum Gasteiger partial charge on any atom is -0.497 e. The first kappa shape index (κ1) is 28.5. The van der Waals surface area contributed by atoms with Crippen molar-refractivity contribution in [1.82, 2.24) is 5.32 Å². The third-order valence-electron chi connectivity index (χ3n) is 4.45. The van der Waals surface area contributed by atoms with Crippen LogP contribution in [-0.4, -0.2) is 59.7 Å². The molecule has 10 heteroatoms. The van der Waals surface area contributed by atoms with Crippen LogP contribution < -0.4 is 14.8 Å². The van der Waals surface area contributed by atoms with Crippen LogP contribution in [0.1, 0.15) is 24.0 Å². The van der Waals surface area contributed by atoms with Gasteiger partial charge in [-0.25, -0.2) is 0 Å². The fourth-order valence-electron chi connectivity index (χ4n) is 2.70. The van der Waals surface area contributed by atoms with Crippen LogP contribution in [0.4, 0.5) is 0 Å². The molecule has 9 nitrogen and oxygen atoms in total. The van der Waals surface area contributed by atoms with Crippen LogP contribution >= 0.6 is 11.8 Å². The molecule has 0 aliphatic heterocycles. The Morgan fingerprint density at radius 2 is 1.65 bits per heavy atom. The second-order valence-corrected chi connectivity index (χ2v) is 7.95. The first-order valence-electron chi connectivity index (χ1n) is 10.4. The fourth-order valence-corrected chi connectivity index (χ4v) is 3.36. The molecule has 0 radical (unpaired) electrons. The Labute approximate surface area is 202 Å². The van der Waals surface area contributed by atoms with Gasteiger partial charge in [0.05, 0.1) is 31.8 Å². The maximum absolute atomic E-state index is 11.8. The van der Waals surface area contributed by atoms with Gasteiger partial charge in [-0.15, -0.1) is 0 Å². The number of aliphatic carboxylic acids is 2. The second-order valence-electron chi connectivity index (χ2n) is 6.92. The largest absolute Gasteiger partial charge is 0.497 e. The normalized spacial score (nSPS) is 10.8. The molecule has 0 aliphatic carbocycles. The zero-order chi connectivity index (χ0) is 25.3. The molecule has 2 aromatic carbocycles. The molecule has 1 amide bonds. The molecule has 1 unspecified atom stereocenters. The van der Waals surface area contributed by atoms with Crippen molar-refractivity contribution in [2.75, 3.05) is 20.8 Å². The highest BCUT2D eigenvalue weighted by atomic mass is 32.2. The lowest BCUT2D eigenvalue weighted by atomic mass is 10.1. The van der Waals surface area contributed by atoms with E-state index in [-0.39, 0.29) is 18.7 Å². The smallest absolute Gasteiger partial charge is 0.303 e. The Balaban J connectivity index is 0.000000620. The predicted molar refractivity (Wildman–Crippen MR) is 129 cm³/mol. The highest BCUT2D eigenvalue weighted by molar-refractivity contribution is 8.13. The minimum absolute atomic E-state index is 0.152. The maximum atomic E-state index is 11.8. The molecule has 0 saturated heterocycles. The summed E-state index contributed by atoms with van der Waals surface area (Å²) < 4.78 is 11.0. The van der Waals surface area contributed by atoms with E-state index in [1.807, 2.05) is 48.5 Å². The highest BCUT2D eigenvalue weighted by Gasteiger charge is 2.18. The number of carboxylic acid groups (broad SMARTS) is 2. The number of hydrogen-bond donors (Lipinski definition) is 3. The molecule has 0 heterocycles. The first-order chi connectivity index (χ1) is 16.3. The van der Waals surface area contributed by atoms with E-state index >= 15 is 0 Å². The Morgan fingerprint density at radius 1 is 1.00 bits per heavy atom. The van der Waals surface area contributed by atoms with Gasteiger partial charge in [-0.3, -0.25) is 19.2 Å². The molecule has 0 fully saturated rings. The van der Waals surface area contributed by atoms with Gasteiger partial charge in [-0.2, -0.15) is 0 Å². The molecular weight excluding hydrogens is 462 g/mol. The molecule has 2 rings (SSSR count). The number of rotatable bonds is 13. The molecule has 0 saturated carbocycles. The zero-order valence-corrected chi connectivity index (χ0v) is 19.9. The van der Waals surface area contributed by atoms with Gasteiger partial charge in [0.15, 0.2) is 5.62 Å². The van der Waals surface area contributed by atoms with E-state index in [0.29, 0.717) is 18.6 Å². The van der Waals surface area contributed by atoms with Crippen LogP contribution in [-0.2, 0) is 32.0 Å². The van der Waals surface area contributed by atoms with E-state index in [4.69, 9.17) is 19.7 Å². The summed E-state index contributed by atoms with van der Waals surface area (Å²) in [4.78, 5) is 41.8. The predicted octanol–water partition coefficient (Wildman–Crippen LogP) is 2.83. The molecule has 0 aromatic heterocycles. The Hall–Kier alpha value is -3.53. The van der Waals surface area contributed by atoms with E-state index in [9.17, 15) is 19.2 Å². The van der Waals surface area contributed by atoms with E-state index in [1.54, 1.807) is 14.2 Å². The third kappa shape index (κ3) is 11.9. The molecular formula is C24H29NO8S. The lowest BCUT2D eigenvalue weighted by molar-refractivity contribution is -0.143. The Morgan fingerprint density at radius 3 is 2.18 bits per heavy atom. The SMILES string of the molecule is CNC(=O)C(Cc1ccc(OCCc2cccc(OC)c2)cc1)SC=O.O=C(O)CCC(=O)O. The summed E-state index contributed by atoms with van der Waals surface area (Å²) in [5.41, 5.74) is 2.84. The molecule has 1 atom stereocenters. The van der Waals surface area contributed by atoms with Gasteiger partial charge in [-0.05, 0) is 41.8 Å². The first-order valence-corrected chi connectivity index (χ1v) is 11.3. The number of benzene rings is 2. The van der Waals surface area contributed by atoms with Crippen molar-refractivity contribution in [1.29, 1.82) is 0 Å². The average Bonchev–Trinajstić information content (AvgIpc) is 2.83. The number of carbonyl (C=O) groups excluding carboxylic acids is 2. The van der Waals surface area contributed by atoms with Crippen molar-refractivity contribution < 1.29 is 38.9 Å². The summed E-state index contributed by atoms with van der Waals surface area (Å²) in [6.07, 6.45) is 0.686. The highest BCUT2D eigenvalue weighted by Crippen LogP contribution is 2.19. The standard InChI is InChI=1S/C20H23NO4S.C4H6O4/c1-21-20(23)19(26-14-22)13-16-6-8-17(9-7-16)25-11-10-15-4-3-5-18(12-15)24-2;5-3(6)1-2-4(7)8/h3-9,12,14,19H,10-11,13H2,1-2H3,(H,21,23);1-2H2,(H,5,6)(H,7,8). The van der Waals surface area contributed by atoms with E-state index < -0.39 is 17.2 Å². The van der Waals surface area contributed by atoms with Gasteiger partial charge >= 0.3 is 11.9 Å². The quantitative estimate of drug-likeness (QED) is 0.361. The monoisotopic (exact) mass is 491 g/mol. The van der Waals surface area contributed by atoms with Gasteiger partial charge < -0.3 is 25.0 Å². The van der Waals surface area contributed by atoms with Crippen molar-refractivity contribution in [3.05, 3.63) is 59.7 Å². The second kappa shape index (κ2) is 16.1. The summed E-state index contributed by atoms with van der Waals surface area (Å²) in [6.45, 7) is 0.564. The van der Waals surface area contributed by atoms with Crippen LogP contribution in [0.2, 0.25) is 0 Å². The van der Waals surface area contributed by atoms with Crippen LogP contribution in [0.15, 0.2) is 48.5 Å². The number of amides is 1. The van der Waals surface area contributed by atoms with Crippen LogP contribution in [0, 0.1) is 0 Å². The topological polar surface area (TPSA) is 139 Å². The number of carbonyl (C=O) groups is 4. The molecule has 0 spiro atoms. The van der Waals surface area contributed by atoms with Crippen LogP contribution in [0.5, 0.6) is 11.5 Å². The maximum Gasteiger partial charge on any atom is 0.303 e. The molecule has 184 valence electrons. The van der Waals surface area contributed by atoms with Crippen molar-refractivity contribution in [2.24, 2.45) is 0 Å². The summed E-state index contributed by atoms with van der Waals surface area (Å²) in [5.74, 6) is -0.692. The van der Waals surface area contributed by atoms with E-state index in [2.05, 4.69) is 5.32 Å². The fraction of sp³-hybridized carbons (Fsp3) is 0.333. The van der Waals surface area contributed by atoms with Gasteiger partial charge in [0.2, 0.25) is 5.91 Å². The minimum atomic E-state index is -1.08. The zero-order valence-electron chi connectivity index (χ0n) is 19.1. The number of ether oxygens (including phenoxy) is 2. The van der Waals surface area contributed by atoms with Gasteiger partial charge in [0.1, 0.15) is 11.5 Å². The lowest BCUT2D eigenvalue weighted by Gasteiger charge is -2.12. The van der Waals surface area contributed by atoms with Gasteiger partial charge in [-0.1, -0.05) is 36.0 Å². The summed E-state index contributed by atoms with van der Waals surface area (Å²) in [5, 5.41) is 18.0. The molecule has 2 aromatic rings. The number of methoxy groups -OCH3 is 1. The van der Waals surface area contributed by atoms with Crippen molar-refractivity contribution in [3.8, 4) is 11.5 Å². The van der Waals surface area contributed by atoms with Gasteiger partial charge in [0, 0.05) is 13.5 Å². The third-order valence-corrected chi connectivity index (χ3v) is 5.27. The number of nitrogens with one attached hydrogen (secondary N) is 1. The Kier molecular flexibility index (Phi) is 13.5. The van der Waals surface area contributed by atoms with Crippen LogP contribution in [0.3, 0.4) is 0 Å². The number of carboxylic acids is 2. The van der Waals surface area contributed by atoms with Gasteiger partial charge in [0.25, 0.3) is 0 Å². The number of thioether (sulfide) groups is 1. The van der Waals surface area contributed by atoms with Crippen molar-refractivity contribution >= 4 is 35.2 Å². The molecule has 0 bridgehead atoms. The van der Waals surface area contributed by atoms with Crippen molar-refractivity contribution in [2.45, 2.75) is 30.9 Å². The van der Waals surface area contributed by atoms with Crippen LogP contribution in [0.25, 0.3) is 0 Å². The lowest BCUT2D eigenvalue weighted by Crippen LogP contribution is -2.31. The van der Waals surface area contributed by atoms with Crippen molar-refractivity contribution in [3.63, 3.8) is 0 Å². The molecule has 3 N–H and O–H groups in total. The summed E-state index contributed by atoms with van der Waals surface area (Å²) >= 11 is 0.988. The number of hydrogen-bond acceptors (Lipinski definition) is 7. The molecule has 34 heavy (non-hydrogen) atoms. The summed E-state index contributed by atoms with van der Waals surface area (Å²) in [6, 6.07) is 15.5. The Bertz CT molecular complexity index is 919. The van der Waals surface area contributed by atoms with E-state index in [1.165, 1.54) is 0 Å². The summed E-state index contributed by atoms with van der Waals surface area (Å²) in [7, 11) is 3.22. The average molecular weight is 492 g/mol. The molecule has 0 aliphatic rings.